The molecule has 0 saturated carbocycles. The third kappa shape index (κ3) is 2.55. The molecule has 18 heavy (non-hydrogen) atoms. The van der Waals surface area contributed by atoms with Gasteiger partial charge in [-0.2, -0.15) is 0 Å². The summed E-state index contributed by atoms with van der Waals surface area (Å²) in [6, 6.07) is 2.15. The van der Waals surface area contributed by atoms with Crippen molar-refractivity contribution in [2.24, 2.45) is 0 Å². The van der Waals surface area contributed by atoms with Crippen molar-refractivity contribution in [3.05, 3.63) is 38.8 Å². The largest absolute Gasteiger partial charge is 0.464 e. The van der Waals surface area contributed by atoms with Gasteiger partial charge in [0.2, 0.25) is 0 Å². The van der Waals surface area contributed by atoms with Gasteiger partial charge in [0.25, 0.3) is 11.2 Å². The van der Waals surface area contributed by atoms with Gasteiger partial charge in [0, 0.05) is 12.1 Å². The number of carbonyl (C=O) groups is 1. The van der Waals surface area contributed by atoms with Gasteiger partial charge in [0.05, 0.1) is 17.7 Å². The maximum atomic E-state index is 11.7. The van der Waals surface area contributed by atoms with E-state index in [0.717, 1.165) is 22.9 Å². The molecule has 0 aliphatic heterocycles. The van der Waals surface area contributed by atoms with Gasteiger partial charge < -0.3 is 4.74 Å². The summed E-state index contributed by atoms with van der Waals surface area (Å²) in [5.41, 5.74) is -2.05. The predicted molar refractivity (Wildman–Crippen MR) is 63.3 cm³/mol. The summed E-state index contributed by atoms with van der Waals surface area (Å²) in [4.78, 5) is 33.5. The minimum Gasteiger partial charge on any atom is -0.464 e. The zero-order valence-electron chi connectivity index (χ0n) is 10.4. The number of carbonyl (C=O) groups excluding carboxylic acids is 1. The Labute approximate surface area is 103 Å². The van der Waals surface area contributed by atoms with Crippen LogP contribution in [0.2, 0.25) is 0 Å². The van der Waals surface area contributed by atoms with Crippen molar-refractivity contribution in [1.29, 1.82) is 0 Å². The summed E-state index contributed by atoms with van der Waals surface area (Å²) >= 11 is 0. The smallest absolute Gasteiger partial charge is 0.331 e. The molecule has 0 radical (unpaired) electrons. The molecule has 0 fully saturated rings. The van der Waals surface area contributed by atoms with E-state index in [1.807, 2.05) is 0 Å². The van der Waals surface area contributed by atoms with Crippen LogP contribution in [0.5, 0.6) is 0 Å². The second-order valence-corrected chi connectivity index (χ2v) is 4.13. The molecule has 0 amide bonds. The van der Waals surface area contributed by atoms with E-state index in [1.165, 1.54) is 13.8 Å². The highest BCUT2D eigenvalue weighted by Gasteiger charge is 2.33. The van der Waals surface area contributed by atoms with Crippen LogP contribution in [-0.2, 0) is 15.1 Å². The fourth-order valence-corrected chi connectivity index (χ4v) is 1.43. The highest BCUT2D eigenvalue weighted by molar-refractivity contribution is 5.77. The summed E-state index contributed by atoms with van der Waals surface area (Å²) in [5, 5.41) is 10.7. The average Bonchev–Trinajstić information content (AvgIpc) is 2.29. The molecular formula is C11H14N2O5. The van der Waals surface area contributed by atoms with Gasteiger partial charge in [-0.05, 0) is 20.8 Å². The Balaban J connectivity index is 3.31. The molecule has 7 heteroatoms. The lowest BCUT2D eigenvalue weighted by atomic mass is 10.1. The van der Waals surface area contributed by atoms with E-state index in [0.29, 0.717) is 0 Å². The summed E-state index contributed by atoms with van der Waals surface area (Å²) in [6.07, 6.45) is 1.04. The van der Waals surface area contributed by atoms with Crippen LogP contribution in [0, 0.1) is 10.1 Å². The number of nitrogens with zero attached hydrogens (tertiary/aromatic N) is 2. The molecular weight excluding hydrogens is 240 g/mol. The third-order valence-electron chi connectivity index (χ3n) is 2.48. The molecule has 0 unspecified atom stereocenters. The Bertz CT molecular complexity index is 532. The number of rotatable bonds is 4. The summed E-state index contributed by atoms with van der Waals surface area (Å²) in [5.74, 6) is -0.618. The normalized spacial score (nSPS) is 11.1. The van der Waals surface area contributed by atoms with Crippen LogP contribution in [-0.4, -0.2) is 22.1 Å². The monoisotopic (exact) mass is 254 g/mol. The average molecular weight is 254 g/mol. The molecule has 0 aliphatic carbocycles. The van der Waals surface area contributed by atoms with Gasteiger partial charge in [0.15, 0.2) is 0 Å². The van der Waals surface area contributed by atoms with E-state index in [4.69, 9.17) is 4.74 Å². The van der Waals surface area contributed by atoms with Crippen molar-refractivity contribution in [1.82, 2.24) is 4.57 Å². The van der Waals surface area contributed by atoms with Gasteiger partial charge in [0.1, 0.15) is 5.54 Å². The number of aromatic nitrogens is 1. The first-order valence-corrected chi connectivity index (χ1v) is 5.35. The summed E-state index contributed by atoms with van der Waals surface area (Å²) in [7, 11) is 0. The quantitative estimate of drug-likeness (QED) is 0.455. The van der Waals surface area contributed by atoms with Crippen molar-refractivity contribution in [2.75, 3.05) is 6.61 Å². The van der Waals surface area contributed by atoms with Crippen molar-refractivity contribution in [3.8, 4) is 0 Å². The number of ether oxygens (including phenoxy) is 1. The maximum absolute atomic E-state index is 11.7. The molecule has 1 rings (SSSR count). The first kappa shape index (κ1) is 13.9. The molecule has 0 spiro atoms. The molecule has 0 atom stereocenters. The van der Waals surface area contributed by atoms with E-state index in [2.05, 4.69) is 0 Å². The molecule has 1 aromatic rings. The Hall–Kier alpha value is -2.18. The SMILES string of the molecule is CCOC(=O)C(C)(C)n1cc([N+](=O)[O-])ccc1=O. The van der Waals surface area contributed by atoms with E-state index in [1.54, 1.807) is 6.92 Å². The zero-order valence-corrected chi connectivity index (χ0v) is 10.4. The van der Waals surface area contributed by atoms with Crippen molar-refractivity contribution < 1.29 is 14.5 Å². The molecule has 0 aliphatic rings. The van der Waals surface area contributed by atoms with E-state index in [-0.39, 0.29) is 12.3 Å². The number of hydrogen-bond acceptors (Lipinski definition) is 5. The lowest BCUT2D eigenvalue weighted by Gasteiger charge is -2.24. The summed E-state index contributed by atoms with van der Waals surface area (Å²) < 4.78 is 5.85. The second kappa shape index (κ2) is 4.99. The van der Waals surface area contributed by atoms with E-state index >= 15 is 0 Å². The lowest BCUT2D eigenvalue weighted by molar-refractivity contribution is -0.385. The first-order chi connectivity index (χ1) is 8.30. The molecule has 0 N–H and O–H groups in total. The number of esters is 1. The zero-order chi connectivity index (χ0) is 13.9. The van der Waals surface area contributed by atoms with Crippen molar-refractivity contribution >= 4 is 11.7 Å². The predicted octanol–water partition coefficient (Wildman–Crippen LogP) is 1.05. The molecule has 0 bridgehead atoms. The maximum Gasteiger partial charge on any atom is 0.331 e. The summed E-state index contributed by atoms with van der Waals surface area (Å²) in [6.45, 7) is 4.75. The highest BCUT2D eigenvalue weighted by atomic mass is 16.6. The second-order valence-electron chi connectivity index (χ2n) is 4.13. The lowest BCUT2D eigenvalue weighted by Crippen LogP contribution is -2.43. The number of nitro groups is 1. The Morgan fingerprint density at radius 1 is 1.50 bits per heavy atom. The standard InChI is InChI=1S/C11H14N2O5/c1-4-18-10(15)11(2,3)12-7-8(13(16)17)5-6-9(12)14/h5-7H,4H2,1-3H3. The Morgan fingerprint density at radius 3 is 2.61 bits per heavy atom. The molecule has 1 aromatic heterocycles. The van der Waals surface area contributed by atoms with Crippen LogP contribution < -0.4 is 5.56 Å². The van der Waals surface area contributed by atoms with E-state index in [9.17, 15) is 19.7 Å². The third-order valence-corrected chi connectivity index (χ3v) is 2.48. The Kier molecular flexibility index (Phi) is 3.85. The highest BCUT2D eigenvalue weighted by Crippen LogP contribution is 2.18. The minimum absolute atomic E-state index is 0.173. The number of pyridine rings is 1. The van der Waals surface area contributed by atoms with Gasteiger partial charge in [-0.15, -0.1) is 0 Å². The van der Waals surface area contributed by atoms with Crippen LogP contribution in [0.4, 0.5) is 5.69 Å². The molecule has 7 nitrogen and oxygen atoms in total. The van der Waals surface area contributed by atoms with Gasteiger partial charge in [-0.25, -0.2) is 4.79 Å². The van der Waals surface area contributed by atoms with Gasteiger partial charge >= 0.3 is 5.97 Å². The van der Waals surface area contributed by atoms with Gasteiger partial charge in [-0.1, -0.05) is 0 Å². The molecule has 0 saturated heterocycles. The minimum atomic E-state index is -1.29. The topological polar surface area (TPSA) is 91.4 Å². The fraction of sp³-hybridized carbons (Fsp3) is 0.455. The first-order valence-electron chi connectivity index (χ1n) is 5.35. The van der Waals surface area contributed by atoms with Crippen molar-refractivity contribution in [3.63, 3.8) is 0 Å². The van der Waals surface area contributed by atoms with Gasteiger partial charge in [-0.3, -0.25) is 19.5 Å². The van der Waals surface area contributed by atoms with Crippen LogP contribution >= 0.6 is 0 Å². The number of hydrogen-bond donors (Lipinski definition) is 0. The van der Waals surface area contributed by atoms with E-state index < -0.39 is 22.0 Å². The molecule has 98 valence electrons. The molecule has 1 heterocycles. The van der Waals surface area contributed by atoms with Crippen molar-refractivity contribution in [2.45, 2.75) is 26.3 Å². The van der Waals surface area contributed by atoms with Crippen LogP contribution in [0.3, 0.4) is 0 Å². The van der Waals surface area contributed by atoms with Crippen LogP contribution in [0.15, 0.2) is 23.1 Å². The van der Waals surface area contributed by atoms with Crippen LogP contribution in [0.25, 0.3) is 0 Å². The van der Waals surface area contributed by atoms with Crippen LogP contribution in [0.1, 0.15) is 20.8 Å². The Morgan fingerprint density at radius 2 is 2.11 bits per heavy atom. The molecule has 0 aromatic carbocycles. The fourth-order valence-electron chi connectivity index (χ4n) is 1.43.